The molecule has 0 atom stereocenters. The van der Waals surface area contributed by atoms with Crippen LogP contribution in [0.25, 0.3) is 35.2 Å². The van der Waals surface area contributed by atoms with Crippen molar-refractivity contribution in [1.29, 1.82) is 0 Å². The van der Waals surface area contributed by atoms with Gasteiger partial charge in [0.05, 0.1) is 49.8 Å². The van der Waals surface area contributed by atoms with Gasteiger partial charge in [0.15, 0.2) is 40.3 Å². The number of para-hydroxylation sites is 1. The number of hydrogen-bond acceptors (Lipinski definition) is 15. The van der Waals surface area contributed by atoms with Crippen LogP contribution in [0.15, 0.2) is 122 Å². The van der Waals surface area contributed by atoms with E-state index in [0.29, 0.717) is 84.9 Å². The van der Waals surface area contributed by atoms with Crippen LogP contribution in [0.4, 0.5) is 17.1 Å². The van der Waals surface area contributed by atoms with E-state index in [4.69, 9.17) is 38.0 Å². The number of fused-ring (bicyclic) bond motifs is 1. The van der Waals surface area contributed by atoms with Gasteiger partial charge in [-0.25, -0.2) is 5.48 Å². The van der Waals surface area contributed by atoms with Gasteiger partial charge in [-0.05, 0) is 90.3 Å². The summed E-state index contributed by atoms with van der Waals surface area (Å²) in [5.41, 5.74) is 9.82. The lowest BCUT2D eigenvalue weighted by molar-refractivity contribution is 0.103. The smallest absolute Gasteiger partial charge is 0.206 e. The van der Waals surface area contributed by atoms with Crippen molar-refractivity contribution in [3.05, 3.63) is 161 Å². The maximum atomic E-state index is 13.6. The number of anilines is 3. The lowest BCUT2D eigenvalue weighted by Crippen LogP contribution is -2.09. The zero-order valence-corrected chi connectivity index (χ0v) is 40.8. The first kappa shape index (κ1) is 50.4. The minimum absolute atomic E-state index is 0.123. The minimum atomic E-state index is -0.354. The predicted octanol–water partition coefficient (Wildman–Crippen LogP) is 11.3. The van der Waals surface area contributed by atoms with Gasteiger partial charge in [0.1, 0.15) is 17.2 Å². The third kappa shape index (κ3) is 11.5. The van der Waals surface area contributed by atoms with Crippen LogP contribution in [-0.2, 0) is 0 Å². The Kier molecular flexibility index (Phi) is 16.3. The van der Waals surface area contributed by atoms with Crippen molar-refractivity contribution >= 4 is 63.8 Å². The average Bonchev–Trinajstić information content (AvgIpc) is 3.84. The molecule has 0 unspecified atom stereocenters. The van der Waals surface area contributed by atoms with Crippen LogP contribution in [0.5, 0.6) is 57.5 Å². The van der Waals surface area contributed by atoms with E-state index in [9.17, 15) is 19.8 Å². The summed E-state index contributed by atoms with van der Waals surface area (Å²) in [5.74, 6) is 1.88. The Balaban J connectivity index is 1.09. The highest BCUT2D eigenvalue weighted by Gasteiger charge is 2.18. The van der Waals surface area contributed by atoms with E-state index >= 15 is 0 Å². The Morgan fingerprint density at radius 3 is 1.79 bits per heavy atom. The number of aromatic nitrogens is 1. The first-order valence-electron chi connectivity index (χ1n) is 22.2. The number of ketones is 2. The second kappa shape index (κ2) is 23.2. The molecule has 0 saturated heterocycles. The highest BCUT2D eigenvalue weighted by atomic mass is 16.7. The minimum Gasteiger partial charge on any atom is -0.504 e. The van der Waals surface area contributed by atoms with E-state index in [1.54, 1.807) is 94.4 Å². The fourth-order valence-electron chi connectivity index (χ4n) is 7.63. The lowest BCUT2D eigenvalue weighted by Gasteiger charge is -2.17. The number of benzene rings is 6. The number of ether oxygens (including phenoxy) is 7. The standard InChI is InChI=1S/C56H54N4O12/c1-33-23-42(36(29-49(33)66-3)15-13-34-24-47(63)55(64)52(25-34)69-6)57-21-19-45(61)38-17-18-48(65-2)44(28-38)60-72-54-27-35(26-53(70-7)56(54)71-8)14-16-37-30-50(67-4)51(68-5)31-43(37)58-22-20-46(62)40-32-59-41-12-10-9-11-39(40)41/h9-32,57-60,63-64H,1-8H3/b15-13-,16-14-,21-19-,22-20-. The van der Waals surface area contributed by atoms with Gasteiger partial charge in [-0.1, -0.05) is 42.5 Å². The summed E-state index contributed by atoms with van der Waals surface area (Å²) in [5, 5.41) is 27.5. The molecule has 370 valence electrons. The summed E-state index contributed by atoms with van der Waals surface area (Å²) in [4.78, 5) is 36.1. The molecule has 1 heterocycles. The fourth-order valence-corrected chi connectivity index (χ4v) is 7.63. The van der Waals surface area contributed by atoms with E-state index in [-0.39, 0.29) is 34.6 Å². The number of aromatic amines is 1. The van der Waals surface area contributed by atoms with Crippen molar-refractivity contribution in [3.63, 3.8) is 0 Å². The SMILES string of the molecule is COc1cc(/C=C\c2cc(O)c(O)c(OC)c2)c(N/C=C\C(=O)c2ccc(OC)c(NOc3cc(/C=C\c4cc(OC)c(OC)cc4N/C=C\C(=O)c4c[nH]c5ccccc45)cc(OC)c3OC)c2)cc1C. The van der Waals surface area contributed by atoms with E-state index in [1.807, 2.05) is 55.5 Å². The molecule has 0 spiro atoms. The number of H-pyrrole nitrogens is 1. The summed E-state index contributed by atoms with van der Waals surface area (Å²) in [6.45, 7) is 1.90. The number of phenolic OH excluding ortho intramolecular Hbond substituents is 2. The van der Waals surface area contributed by atoms with Gasteiger partial charge in [0.25, 0.3) is 0 Å². The second-order valence-corrected chi connectivity index (χ2v) is 15.8. The molecular weight excluding hydrogens is 921 g/mol. The number of aromatic hydroxyl groups is 2. The molecule has 16 heteroatoms. The molecular formula is C56H54N4O12. The third-order valence-corrected chi connectivity index (χ3v) is 11.4. The normalized spacial score (nSPS) is 11.3. The molecule has 6 N–H and O–H groups in total. The topological polar surface area (TPSA) is 200 Å². The first-order chi connectivity index (χ1) is 34.9. The van der Waals surface area contributed by atoms with Crippen LogP contribution in [0.3, 0.4) is 0 Å². The Morgan fingerprint density at radius 2 is 1.12 bits per heavy atom. The van der Waals surface area contributed by atoms with Crippen molar-refractivity contribution in [2.75, 3.05) is 65.9 Å². The van der Waals surface area contributed by atoms with Crippen LogP contribution in [0.2, 0.25) is 0 Å². The van der Waals surface area contributed by atoms with Gasteiger partial charge in [0, 0.05) is 81.3 Å². The molecule has 7 aromatic rings. The highest BCUT2D eigenvalue weighted by molar-refractivity contribution is 6.13. The molecule has 1 aromatic heterocycles. The lowest BCUT2D eigenvalue weighted by atomic mass is 10.1. The molecule has 0 aliphatic rings. The molecule has 0 aliphatic carbocycles. The zero-order valence-electron chi connectivity index (χ0n) is 40.8. The maximum absolute atomic E-state index is 13.6. The van der Waals surface area contributed by atoms with Crippen LogP contribution in [0, 0.1) is 6.92 Å². The molecule has 6 aromatic carbocycles. The number of aryl methyl sites for hydroxylation is 1. The molecule has 0 radical (unpaired) electrons. The monoisotopic (exact) mass is 974 g/mol. The third-order valence-electron chi connectivity index (χ3n) is 11.4. The molecule has 0 fully saturated rings. The molecule has 0 amide bonds. The van der Waals surface area contributed by atoms with Gasteiger partial charge in [-0.2, -0.15) is 0 Å². The van der Waals surface area contributed by atoms with E-state index in [0.717, 1.165) is 16.5 Å². The largest absolute Gasteiger partial charge is 0.504 e. The quantitative estimate of drug-likeness (QED) is 0.0123. The average molecular weight is 975 g/mol. The number of methoxy groups -OCH3 is 7. The van der Waals surface area contributed by atoms with Gasteiger partial charge < -0.3 is 63.8 Å². The van der Waals surface area contributed by atoms with E-state index in [2.05, 4.69) is 21.1 Å². The first-order valence-corrected chi connectivity index (χ1v) is 22.2. The number of allylic oxidation sites excluding steroid dienone is 2. The van der Waals surface area contributed by atoms with E-state index in [1.165, 1.54) is 52.9 Å². The molecule has 7 rings (SSSR count). The molecule has 0 saturated carbocycles. The summed E-state index contributed by atoms with van der Waals surface area (Å²) >= 11 is 0. The van der Waals surface area contributed by atoms with Crippen LogP contribution in [-0.4, -0.2) is 76.5 Å². The molecule has 72 heavy (non-hydrogen) atoms. The van der Waals surface area contributed by atoms with Crippen molar-refractivity contribution < 1.29 is 57.8 Å². The molecule has 0 aliphatic heterocycles. The fraction of sp³-hybridized carbons (Fsp3) is 0.143. The number of hydrogen-bond donors (Lipinski definition) is 6. The summed E-state index contributed by atoms with van der Waals surface area (Å²) in [7, 11) is 10.6. The van der Waals surface area contributed by atoms with Crippen LogP contribution >= 0.6 is 0 Å². The molecule has 0 bridgehead atoms. The van der Waals surface area contributed by atoms with Gasteiger partial charge in [-0.15, -0.1) is 0 Å². The maximum Gasteiger partial charge on any atom is 0.206 e. The Morgan fingerprint density at radius 1 is 0.542 bits per heavy atom. The Hall–Kier alpha value is -9.44. The Bertz CT molecular complexity index is 3240. The van der Waals surface area contributed by atoms with Crippen molar-refractivity contribution in [2.45, 2.75) is 6.92 Å². The van der Waals surface area contributed by atoms with Crippen molar-refractivity contribution in [1.82, 2.24) is 4.98 Å². The highest BCUT2D eigenvalue weighted by Crippen LogP contribution is 2.41. The number of nitrogens with one attached hydrogen (secondary N) is 4. The van der Waals surface area contributed by atoms with E-state index < -0.39 is 0 Å². The summed E-state index contributed by atoms with van der Waals surface area (Å²) in [6, 6.07) is 26.3. The van der Waals surface area contributed by atoms with Crippen molar-refractivity contribution in [2.24, 2.45) is 0 Å². The van der Waals surface area contributed by atoms with Gasteiger partial charge in [-0.3, -0.25) is 9.59 Å². The number of phenols is 2. The predicted molar refractivity (Wildman–Crippen MR) is 281 cm³/mol. The number of rotatable bonds is 22. The van der Waals surface area contributed by atoms with Gasteiger partial charge in [0.2, 0.25) is 17.2 Å². The zero-order chi connectivity index (χ0) is 51.3. The van der Waals surface area contributed by atoms with Gasteiger partial charge >= 0.3 is 0 Å². The summed E-state index contributed by atoms with van der Waals surface area (Å²) < 4.78 is 39.0. The second-order valence-electron chi connectivity index (χ2n) is 15.8. The van der Waals surface area contributed by atoms with Crippen LogP contribution in [0.1, 0.15) is 48.5 Å². The summed E-state index contributed by atoms with van der Waals surface area (Å²) in [6.07, 6.45) is 14.9. The molecule has 16 nitrogen and oxygen atoms in total. The number of carbonyl (C=O) groups excluding carboxylic acids is 2. The van der Waals surface area contributed by atoms with Crippen molar-refractivity contribution in [3.8, 4) is 57.5 Å². The van der Waals surface area contributed by atoms with Crippen LogP contribution < -0.4 is 54.1 Å². The number of carbonyl (C=O) groups is 2. The Labute approximate surface area is 416 Å².